The number of carbonyl (C=O) groups excluding carboxylic acids is 1. The Morgan fingerprint density at radius 3 is 2.59 bits per heavy atom. The maximum Gasteiger partial charge on any atom is 0.273 e. The fourth-order valence-electron chi connectivity index (χ4n) is 2.95. The number of amides is 1. The van der Waals surface area contributed by atoms with Crippen molar-refractivity contribution in [3.05, 3.63) is 62.7 Å². The Morgan fingerprint density at radius 2 is 1.93 bits per heavy atom. The van der Waals surface area contributed by atoms with Crippen molar-refractivity contribution in [2.75, 3.05) is 31.6 Å². The van der Waals surface area contributed by atoms with E-state index in [9.17, 15) is 23.3 Å². The minimum Gasteiger partial charge on any atom is -0.379 e. The second-order valence-corrected chi connectivity index (χ2v) is 8.66. The number of anilines is 1. The van der Waals surface area contributed by atoms with Gasteiger partial charge in [-0.3, -0.25) is 14.9 Å². The van der Waals surface area contributed by atoms with Gasteiger partial charge in [-0.1, -0.05) is 17.7 Å². The van der Waals surface area contributed by atoms with E-state index < -0.39 is 20.9 Å². The molecule has 1 aliphatic rings. The molecule has 1 fully saturated rings. The van der Waals surface area contributed by atoms with Crippen LogP contribution in [0, 0.1) is 17.0 Å². The van der Waals surface area contributed by atoms with E-state index in [1.165, 1.54) is 47.6 Å². The second kappa shape index (κ2) is 8.46. The molecule has 0 aromatic heterocycles. The van der Waals surface area contributed by atoms with Crippen LogP contribution in [0.15, 0.2) is 41.3 Å². The molecule has 0 aliphatic carbocycles. The lowest BCUT2D eigenvalue weighted by atomic mass is 10.1. The van der Waals surface area contributed by atoms with Crippen molar-refractivity contribution in [1.82, 2.24) is 4.31 Å². The molecule has 0 spiro atoms. The summed E-state index contributed by atoms with van der Waals surface area (Å²) in [5.74, 6) is -0.631. The second-order valence-electron chi connectivity index (χ2n) is 6.32. The molecule has 0 radical (unpaired) electrons. The number of ether oxygens (including phenoxy) is 1. The lowest BCUT2D eigenvalue weighted by Gasteiger charge is -2.26. The predicted molar refractivity (Wildman–Crippen MR) is 107 cm³/mol. The molecule has 1 N–H and O–H groups in total. The van der Waals surface area contributed by atoms with Gasteiger partial charge in [-0.05, 0) is 31.2 Å². The number of benzene rings is 2. The molecule has 2 aromatic rings. The Kier molecular flexibility index (Phi) is 6.18. The third-order valence-corrected chi connectivity index (χ3v) is 6.76. The molecule has 1 aliphatic heterocycles. The summed E-state index contributed by atoms with van der Waals surface area (Å²) in [4.78, 5) is 23.1. The highest BCUT2D eigenvalue weighted by Crippen LogP contribution is 2.29. The lowest BCUT2D eigenvalue weighted by Crippen LogP contribution is -2.40. The number of nitro groups is 1. The van der Waals surface area contributed by atoms with Crippen molar-refractivity contribution in [3.8, 4) is 0 Å². The zero-order valence-electron chi connectivity index (χ0n) is 15.4. The molecule has 154 valence electrons. The van der Waals surface area contributed by atoms with Crippen LogP contribution in [0.3, 0.4) is 0 Å². The number of sulfonamides is 1. The molecule has 3 rings (SSSR count). The number of hydrogen-bond acceptors (Lipinski definition) is 6. The van der Waals surface area contributed by atoms with Gasteiger partial charge in [-0.15, -0.1) is 0 Å². The highest BCUT2D eigenvalue weighted by molar-refractivity contribution is 7.89. The third kappa shape index (κ3) is 4.40. The number of nitro benzene ring substituents is 1. The van der Waals surface area contributed by atoms with Crippen LogP contribution in [0.5, 0.6) is 0 Å². The number of rotatable bonds is 5. The Bertz CT molecular complexity index is 1070. The van der Waals surface area contributed by atoms with E-state index in [4.69, 9.17) is 16.3 Å². The van der Waals surface area contributed by atoms with Gasteiger partial charge in [0.1, 0.15) is 0 Å². The molecule has 0 unspecified atom stereocenters. The first-order chi connectivity index (χ1) is 13.7. The summed E-state index contributed by atoms with van der Waals surface area (Å²) in [6.07, 6.45) is 0. The summed E-state index contributed by atoms with van der Waals surface area (Å²) in [7, 11) is -3.77. The van der Waals surface area contributed by atoms with Gasteiger partial charge in [-0.25, -0.2) is 8.42 Å². The first kappa shape index (κ1) is 21.2. The van der Waals surface area contributed by atoms with Gasteiger partial charge in [0, 0.05) is 30.3 Å². The molecule has 0 saturated carbocycles. The molecule has 2 aromatic carbocycles. The maximum absolute atomic E-state index is 12.8. The van der Waals surface area contributed by atoms with E-state index in [0.717, 1.165) is 0 Å². The Morgan fingerprint density at radius 1 is 1.24 bits per heavy atom. The van der Waals surface area contributed by atoms with E-state index >= 15 is 0 Å². The largest absolute Gasteiger partial charge is 0.379 e. The van der Waals surface area contributed by atoms with Crippen molar-refractivity contribution in [3.63, 3.8) is 0 Å². The van der Waals surface area contributed by atoms with Gasteiger partial charge in [-0.2, -0.15) is 4.31 Å². The molecule has 0 bridgehead atoms. The van der Waals surface area contributed by atoms with E-state index in [1.807, 2.05) is 0 Å². The molecule has 1 saturated heterocycles. The number of hydrogen-bond donors (Lipinski definition) is 1. The van der Waals surface area contributed by atoms with Crippen LogP contribution >= 0.6 is 11.6 Å². The van der Waals surface area contributed by atoms with E-state index in [1.54, 1.807) is 0 Å². The van der Waals surface area contributed by atoms with Gasteiger partial charge >= 0.3 is 0 Å². The van der Waals surface area contributed by atoms with Gasteiger partial charge < -0.3 is 10.1 Å². The van der Waals surface area contributed by atoms with Gasteiger partial charge in [0.25, 0.3) is 11.6 Å². The fourth-order valence-corrected chi connectivity index (χ4v) is 4.55. The molecule has 29 heavy (non-hydrogen) atoms. The van der Waals surface area contributed by atoms with Crippen LogP contribution < -0.4 is 5.32 Å². The minimum absolute atomic E-state index is 0.0186. The standard InChI is InChI=1S/C18H18ClN3O6S/c1-12-14(3-2-4-17(12)22(24)25)18(23)20-16-11-13(5-6-15(16)19)29(26,27)21-7-9-28-10-8-21/h2-6,11H,7-10H2,1H3,(H,20,23). The van der Waals surface area contributed by atoms with Gasteiger partial charge in [0.15, 0.2) is 0 Å². The van der Waals surface area contributed by atoms with Crippen LogP contribution in [-0.4, -0.2) is 49.9 Å². The first-order valence-corrected chi connectivity index (χ1v) is 10.5. The fraction of sp³-hybridized carbons (Fsp3) is 0.278. The number of morpholine rings is 1. The van der Waals surface area contributed by atoms with Crippen molar-refractivity contribution < 1.29 is 22.9 Å². The van der Waals surface area contributed by atoms with E-state index in [0.29, 0.717) is 13.2 Å². The summed E-state index contributed by atoms with van der Waals surface area (Å²) >= 11 is 6.13. The van der Waals surface area contributed by atoms with Crippen LogP contribution in [0.1, 0.15) is 15.9 Å². The van der Waals surface area contributed by atoms with E-state index in [-0.39, 0.29) is 45.5 Å². The topological polar surface area (TPSA) is 119 Å². The molecular weight excluding hydrogens is 422 g/mol. The van der Waals surface area contributed by atoms with Gasteiger partial charge in [0.2, 0.25) is 10.0 Å². The normalized spacial score (nSPS) is 15.1. The monoisotopic (exact) mass is 439 g/mol. The molecule has 11 heteroatoms. The quantitative estimate of drug-likeness (QED) is 0.565. The molecule has 1 amide bonds. The zero-order valence-corrected chi connectivity index (χ0v) is 17.0. The van der Waals surface area contributed by atoms with Crippen molar-refractivity contribution in [1.29, 1.82) is 0 Å². The summed E-state index contributed by atoms with van der Waals surface area (Å²) in [5.41, 5.74) is 0.198. The summed E-state index contributed by atoms with van der Waals surface area (Å²) < 4.78 is 32.1. The number of nitrogens with zero attached hydrogens (tertiary/aromatic N) is 2. The zero-order chi connectivity index (χ0) is 21.2. The van der Waals surface area contributed by atoms with Crippen LogP contribution in [0.25, 0.3) is 0 Å². The van der Waals surface area contributed by atoms with Crippen molar-refractivity contribution >= 4 is 38.9 Å². The summed E-state index contributed by atoms with van der Waals surface area (Å²) in [6, 6.07) is 8.17. The summed E-state index contributed by atoms with van der Waals surface area (Å²) in [6.45, 7) is 2.55. The maximum atomic E-state index is 12.8. The Hall–Kier alpha value is -2.53. The Labute approximate surface area is 172 Å². The molecule has 0 atom stereocenters. The highest BCUT2D eigenvalue weighted by atomic mass is 35.5. The van der Waals surface area contributed by atoms with Gasteiger partial charge in [0.05, 0.1) is 33.7 Å². The highest BCUT2D eigenvalue weighted by Gasteiger charge is 2.27. The van der Waals surface area contributed by atoms with Crippen LogP contribution in [0.2, 0.25) is 5.02 Å². The summed E-state index contributed by atoms with van der Waals surface area (Å²) in [5, 5.41) is 13.8. The van der Waals surface area contributed by atoms with E-state index in [2.05, 4.69) is 5.32 Å². The average molecular weight is 440 g/mol. The SMILES string of the molecule is Cc1c(C(=O)Nc2cc(S(=O)(=O)N3CCOCC3)ccc2Cl)cccc1[N+](=O)[O-]. The molecule has 9 nitrogen and oxygen atoms in total. The number of nitrogens with one attached hydrogen (secondary N) is 1. The minimum atomic E-state index is -3.77. The Balaban J connectivity index is 1.90. The smallest absolute Gasteiger partial charge is 0.273 e. The number of halogens is 1. The third-order valence-electron chi connectivity index (χ3n) is 4.54. The van der Waals surface area contributed by atoms with Crippen molar-refractivity contribution in [2.24, 2.45) is 0 Å². The average Bonchev–Trinajstić information content (AvgIpc) is 2.70. The number of carbonyl (C=O) groups is 1. The first-order valence-electron chi connectivity index (χ1n) is 8.64. The van der Waals surface area contributed by atoms with Crippen molar-refractivity contribution in [2.45, 2.75) is 11.8 Å². The lowest BCUT2D eigenvalue weighted by molar-refractivity contribution is -0.385. The molecular formula is C18H18ClN3O6S. The predicted octanol–water partition coefficient (Wildman–Crippen LogP) is 2.83. The van der Waals surface area contributed by atoms with Crippen LogP contribution in [-0.2, 0) is 14.8 Å². The van der Waals surface area contributed by atoms with Crippen LogP contribution in [0.4, 0.5) is 11.4 Å². The molecule has 1 heterocycles.